The van der Waals surface area contributed by atoms with E-state index in [1.54, 1.807) is 0 Å². The maximum Gasteiger partial charge on any atom is 0.416 e. The minimum atomic E-state index is -4.81. The molecule has 2 aliphatic rings. The summed E-state index contributed by atoms with van der Waals surface area (Å²) in [7, 11) is 0. The van der Waals surface area contributed by atoms with Gasteiger partial charge in [0.05, 0.1) is 21.1 Å². The van der Waals surface area contributed by atoms with Crippen LogP contribution in [0.15, 0.2) is 47.3 Å². The van der Waals surface area contributed by atoms with Crippen LogP contribution in [-0.4, -0.2) is 54.6 Å². The van der Waals surface area contributed by atoms with Crippen molar-refractivity contribution >= 4 is 38.1 Å². The van der Waals surface area contributed by atoms with Gasteiger partial charge < -0.3 is 9.64 Å². The molecule has 2 fully saturated rings. The Kier molecular flexibility index (Phi) is 8.28. The van der Waals surface area contributed by atoms with Crippen LogP contribution in [0, 0.1) is 21.8 Å². The molecular formula is C28H27F4N3O5S. The number of carbonyl (C=O) groups is 1. The first-order valence-electron chi connectivity index (χ1n) is 13.3. The van der Waals surface area contributed by atoms with Crippen molar-refractivity contribution in [1.82, 2.24) is 4.90 Å². The highest BCUT2D eigenvalue weighted by Crippen LogP contribution is 2.39. The van der Waals surface area contributed by atoms with Gasteiger partial charge in [-0.2, -0.15) is 13.2 Å². The lowest BCUT2D eigenvalue weighted by molar-refractivity contribution is -0.383. The predicted molar refractivity (Wildman–Crippen MR) is 146 cm³/mol. The van der Waals surface area contributed by atoms with Crippen LogP contribution in [0.2, 0.25) is 0 Å². The number of carbonyl (C=O) groups excluding carboxylic acids is 1. The van der Waals surface area contributed by atoms with Crippen LogP contribution in [0.4, 0.5) is 28.3 Å². The van der Waals surface area contributed by atoms with E-state index in [4.69, 9.17) is 4.74 Å². The van der Waals surface area contributed by atoms with Crippen LogP contribution in [0.3, 0.4) is 0 Å². The number of nitro benzene ring substituents is 1. The van der Waals surface area contributed by atoms with Gasteiger partial charge in [0.15, 0.2) is 5.43 Å². The molecule has 0 radical (unpaired) electrons. The van der Waals surface area contributed by atoms with Crippen molar-refractivity contribution in [2.75, 3.05) is 37.6 Å². The van der Waals surface area contributed by atoms with Gasteiger partial charge in [0, 0.05) is 50.2 Å². The molecule has 8 nitrogen and oxygen atoms in total. The molecule has 0 spiro atoms. The second-order valence-electron chi connectivity index (χ2n) is 10.4. The minimum Gasteiger partial charge on any atom is -0.459 e. The Bertz CT molecular complexity index is 1510. The van der Waals surface area contributed by atoms with E-state index in [1.165, 1.54) is 24.3 Å². The lowest BCUT2D eigenvalue weighted by atomic mass is 9.87. The van der Waals surface area contributed by atoms with Gasteiger partial charge in [-0.1, -0.05) is 6.07 Å². The van der Waals surface area contributed by atoms with Crippen molar-refractivity contribution < 1.29 is 32.0 Å². The first-order valence-corrected chi connectivity index (χ1v) is 14.1. The zero-order valence-electron chi connectivity index (χ0n) is 21.9. The highest BCUT2D eigenvalue weighted by Gasteiger charge is 2.34. The molecule has 41 heavy (non-hydrogen) atoms. The summed E-state index contributed by atoms with van der Waals surface area (Å²) in [5.74, 6) is -0.585. The molecule has 5 rings (SSSR count). The molecule has 1 saturated heterocycles. The molecule has 0 atom stereocenters. The number of benzene rings is 2. The predicted octanol–water partition coefficient (Wildman–Crippen LogP) is 5.87. The summed E-state index contributed by atoms with van der Waals surface area (Å²) < 4.78 is 58.6. The van der Waals surface area contributed by atoms with Crippen molar-refractivity contribution in [2.24, 2.45) is 5.92 Å². The fourth-order valence-electron chi connectivity index (χ4n) is 5.47. The Labute approximate surface area is 236 Å². The third kappa shape index (κ3) is 6.67. The average Bonchev–Trinajstić information content (AvgIpc) is 2.93. The van der Waals surface area contributed by atoms with E-state index in [9.17, 15) is 37.3 Å². The van der Waals surface area contributed by atoms with Crippen LogP contribution < -0.4 is 10.3 Å². The van der Waals surface area contributed by atoms with Crippen LogP contribution in [0.5, 0.6) is 0 Å². The maximum atomic E-state index is 13.4. The second-order valence-corrected chi connectivity index (χ2v) is 11.5. The van der Waals surface area contributed by atoms with Gasteiger partial charge in [-0.05, 0) is 55.9 Å². The number of non-ortho nitro benzene ring substituents is 1. The second kappa shape index (κ2) is 11.7. The van der Waals surface area contributed by atoms with Crippen LogP contribution >= 0.6 is 11.3 Å². The highest BCUT2D eigenvalue weighted by atomic mass is 32.1. The van der Waals surface area contributed by atoms with Crippen molar-refractivity contribution in [3.8, 4) is 0 Å². The quantitative estimate of drug-likeness (QED) is 0.153. The smallest absolute Gasteiger partial charge is 0.416 e. The summed E-state index contributed by atoms with van der Waals surface area (Å²) >= 11 is 0.959. The van der Waals surface area contributed by atoms with Gasteiger partial charge in [0.25, 0.3) is 5.69 Å². The lowest BCUT2D eigenvalue weighted by Crippen LogP contribution is -2.48. The molecule has 0 unspecified atom stereocenters. The number of nitro groups is 1. The Morgan fingerprint density at radius 1 is 1.05 bits per heavy atom. The number of rotatable bonds is 6. The number of hydrogen-bond acceptors (Lipinski definition) is 8. The number of hydrogen-bond donors (Lipinski definition) is 0. The van der Waals surface area contributed by atoms with Crippen LogP contribution in [0.1, 0.15) is 41.6 Å². The van der Waals surface area contributed by atoms with Crippen molar-refractivity contribution in [3.63, 3.8) is 0 Å². The molecule has 13 heteroatoms. The van der Waals surface area contributed by atoms with Crippen LogP contribution in [0.25, 0.3) is 10.1 Å². The standard InChI is InChI=1S/C28H27F4N3O5S/c29-20-3-1-2-18(12-20)27(37)40-21-6-4-17(5-7-21)16-33-8-10-34(11-9-33)25-15-24(36)22-13-19(28(30,31)32)14-23(35(38)39)26(22)41-25/h1-3,12-15,17,21H,4-11,16H2. The number of esters is 1. The number of nitrogens with zero attached hydrogens (tertiary/aromatic N) is 3. The van der Waals surface area contributed by atoms with Crippen LogP contribution in [-0.2, 0) is 10.9 Å². The van der Waals surface area contributed by atoms with E-state index in [-0.39, 0.29) is 21.8 Å². The van der Waals surface area contributed by atoms with E-state index in [0.717, 1.165) is 49.6 Å². The van der Waals surface area contributed by atoms with E-state index in [2.05, 4.69) is 4.90 Å². The third-order valence-electron chi connectivity index (χ3n) is 7.65. The fourth-order valence-corrected chi connectivity index (χ4v) is 6.66. The first kappa shape index (κ1) is 28.9. The first-order chi connectivity index (χ1) is 19.5. The molecule has 1 saturated carbocycles. The molecule has 1 aliphatic heterocycles. The van der Waals surface area contributed by atoms with Crippen molar-refractivity contribution in [3.05, 3.63) is 79.7 Å². The molecule has 2 heterocycles. The van der Waals surface area contributed by atoms with Gasteiger partial charge in [-0.3, -0.25) is 19.8 Å². The molecule has 1 aromatic heterocycles. The molecule has 0 amide bonds. The summed E-state index contributed by atoms with van der Waals surface area (Å²) in [5.41, 5.74) is -2.43. The maximum absolute atomic E-state index is 13.4. The van der Waals surface area contributed by atoms with Gasteiger partial charge >= 0.3 is 12.1 Å². The zero-order valence-corrected chi connectivity index (χ0v) is 22.7. The number of ether oxygens (including phenoxy) is 1. The Morgan fingerprint density at radius 2 is 1.76 bits per heavy atom. The van der Waals surface area contributed by atoms with E-state index < -0.39 is 39.6 Å². The fraction of sp³-hybridized carbons (Fsp3) is 0.429. The largest absolute Gasteiger partial charge is 0.459 e. The highest BCUT2D eigenvalue weighted by molar-refractivity contribution is 7.22. The van der Waals surface area contributed by atoms with Gasteiger partial charge in [0.1, 0.15) is 16.6 Å². The molecule has 0 N–H and O–H groups in total. The van der Waals surface area contributed by atoms with E-state index >= 15 is 0 Å². The minimum absolute atomic E-state index is 0.0669. The Hall–Kier alpha value is -3.58. The van der Waals surface area contributed by atoms with E-state index in [0.29, 0.717) is 49.2 Å². The average molecular weight is 594 g/mol. The summed E-state index contributed by atoms with van der Waals surface area (Å²) in [6.07, 6.45) is -1.78. The van der Waals surface area contributed by atoms with Crippen molar-refractivity contribution in [1.29, 1.82) is 0 Å². The Morgan fingerprint density at radius 3 is 2.39 bits per heavy atom. The number of fused-ring (bicyclic) bond motifs is 1. The molecular weight excluding hydrogens is 566 g/mol. The SMILES string of the molecule is O=C(OC1CCC(CN2CCN(c3cc(=O)c4cc(C(F)(F)F)cc([N+](=O)[O-])c4s3)CC2)CC1)c1cccc(F)c1. The normalized spacial score (nSPS) is 20.2. The zero-order chi connectivity index (χ0) is 29.3. The lowest BCUT2D eigenvalue weighted by Gasteiger charge is -2.38. The van der Waals surface area contributed by atoms with Gasteiger partial charge in [-0.25, -0.2) is 9.18 Å². The van der Waals surface area contributed by atoms with E-state index in [1.807, 2.05) is 4.90 Å². The molecule has 2 aromatic carbocycles. The molecule has 1 aliphatic carbocycles. The van der Waals surface area contributed by atoms with Gasteiger partial charge in [-0.15, -0.1) is 11.3 Å². The topological polar surface area (TPSA) is 93.0 Å². The number of anilines is 1. The molecule has 0 bridgehead atoms. The number of piperazine rings is 1. The van der Waals surface area contributed by atoms with Gasteiger partial charge in [0.2, 0.25) is 0 Å². The number of alkyl halides is 3. The van der Waals surface area contributed by atoms with Crippen molar-refractivity contribution in [2.45, 2.75) is 38.0 Å². The summed E-state index contributed by atoms with van der Waals surface area (Å²) in [4.78, 5) is 40.0. The summed E-state index contributed by atoms with van der Waals surface area (Å²) in [5, 5.41) is 11.7. The molecule has 3 aromatic rings. The third-order valence-corrected chi connectivity index (χ3v) is 8.87. The Balaban J connectivity index is 1.17. The summed E-state index contributed by atoms with van der Waals surface area (Å²) in [6.45, 7) is 3.38. The number of halogens is 4. The monoisotopic (exact) mass is 593 g/mol. The molecule has 218 valence electrons. The summed E-state index contributed by atoms with van der Waals surface area (Å²) in [6, 6.07) is 7.86.